The SMILES string of the molecule is c1ccc(CC2CC2)c(COCc2ccccc2CC2CC2)c1. The van der Waals surface area contributed by atoms with Crippen molar-refractivity contribution in [2.45, 2.75) is 51.7 Å². The Labute approximate surface area is 139 Å². The monoisotopic (exact) mass is 306 g/mol. The van der Waals surface area contributed by atoms with Gasteiger partial charge in [0, 0.05) is 0 Å². The summed E-state index contributed by atoms with van der Waals surface area (Å²) in [6.45, 7) is 1.47. The zero-order valence-corrected chi connectivity index (χ0v) is 13.8. The predicted molar refractivity (Wildman–Crippen MR) is 94.2 cm³/mol. The fraction of sp³-hybridized carbons (Fsp3) is 0.455. The average molecular weight is 306 g/mol. The molecule has 0 spiro atoms. The van der Waals surface area contributed by atoms with Gasteiger partial charge in [0.25, 0.3) is 0 Å². The molecule has 2 aromatic rings. The Morgan fingerprint density at radius 2 is 1.00 bits per heavy atom. The first-order chi connectivity index (χ1) is 11.4. The lowest BCUT2D eigenvalue weighted by molar-refractivity contribution is 0.106. The van der Waals surface area contributed by atoms with Gasteiger partial charge in [-0.3, -0.25) is 0 Å². The van der Waals surface area contributed by atoms with Crippen molar-refractivity contribution in [3.63, 3.8) is 0 Å². The summed E-state index contributed by atoms with van der Waals surface area (Å²) in [6, 6.07) is 17.6. The van der Waals surface area contributed by atoms with Crippen LogP contribution in [0.25, 0.3) is 0 Å². The molecule has 0 saturated heterocycles. The Kier molecular flexibility index (Phi) is 4.48. The van der Waals surface area contributed by atoms with Gasteiger partial charge in [0.05, 0.1) is 13.2 Å². The highest BCUT2D eigenvalue weighted by Crippen LogP contribution is 2.34. The van der Waals surface area contributed by atoms with Crippen molar-refractivity contribution in [2.24, 2.45) is 11.8 Å². The Bertz CT molecular complexity index is 595. The Balaban J connectivity index is 1.36. The molecule has 1 heteroatoms. The fourth-order valence-corrected chi connectivity index (χ4v) is 3.33. The van der Waals surface area contributed by atoms with E-state index in [1.54, 1.807) is 0 Å². The van der Waals surface area contributed by atoms with Crippen LogP contribution in [0.4, 0.5) is 0 Å². The minimum atomic E-state index is 0.737. The number of rotatable bonds is 8. The Morgan fingerprint density at radius 1 is 0.609 bits per heavy atom. The van der Waals surface area contributed by atoms with Crippen LogP contribution in [0, 0.1) is 11.8 Å². The van der Waals surface area contributed by atoms with Gasteiger partial charge in [-0.15, -0.1) is 0 Å². The molecule has 0 unspecified atom stereocenters. The van der Waals surface area contributed by atoms with Crippen LogP contribution in [0.2, 0.25) is 0 Å². The lowest BCUT2D eigenvalue weighted by Crippen LogP contribution is -2.02. The smallest absolute Gasteiger partial charge is 0.0724 e. The van der Waals surface area contributed by atoms with E-state index in [0.29, 0.717) is 0 Å². The highest BCUT2D eigenvalue weighted by Gasteiger charge is 2.23. The Morgan fingerprint density at radius 3 is 1.39 bits per heavy atom. The average Bonchev–Trinajstić information content (AvgIpc) is 3.47. The predicted octanol–water partition coefficient (Wildman–Crippen LogP) is 5.31. The summed E-state index contributed by atoms with van der Waals surface area (Å²) in [5, 5.41) is 0. The van der Waals surface area contributed by atoms with E-state index < -0.39 is 0 Å². The van der Waals surface area contributed by atoms with E-state index in [1.165, 1.54) is 60.8 Å². The molecule has 4 rings (SSSR count). The van der Waals surface area contributed by atoms with Crippen molar-refractivity contribution in [1.82, 2.24) is 0 Å². The molecule has 2 aromatic carbocycles. The van der Waals surface area contributed by atoms with Crippen molar-refractivity contribution < 1.29 is 4.74 Å². The van der Waals surface area contributed by atoms with E-state index in [0.717, 1.165) is 25.0 Å². The van der Waals surface area contributed by atoms with Crippen molar-refractivity contribution >= 4 is 0 Å². The minimum absolute atomic E-state index is 0.737. The topological polar surface area (TPSA) is 9.23 Å². The van der Waals surface area contributed by atoms with Crippen LogP contribution < -0.4 is 0 Å². The van der Waals surface area contributed by atoms with E-state index >= 15 is 0 Å². The first-order valence-electron chi connectivity index (χ1n) is 9.10. The molecule has 0 aromatic heterocycles. The van der Waals surface area contributed by atoms with Crippen molar-refractivity contribution in [1.29, 1.82) is 0 Å². The van der Waals surface area contributed by atoms with Crippen LogP contribution in [0.15, 0.2) is 48.5 Å². The van der Waals surface area contributed by atoms with Crippen LogP contribution >= 0.6 is 0 Å². The highest BCUT2D eigenvalue weighted by molar-refractivity contribution is 5.29. The highest BCUT2D eigenvalue weighted by atomic mass is 16.5. The van der Waals surface area contributed by atoms with Crippen molar-refractivity contribution in [3.8, 4) is 0 Å². The summed E-state index contributed by atoms with van der Waals surface area (Å²) in [4.78, 5) is 0. The molecule has 0 atom stereocenters. The molecule has 0 N–H and O–H groups in total. The summed E-state index contributed by atoms with van der Waals surface area (Å²) < 4.78 is 6.09. The number of ether oxygens (including phenoxy) is 1. The summed E-state index contributed by atoms with van der Waals surface area (Å²) in [5.74, 6) is 1.85. The fourth-order valence-electron chi connectivity index (χ4n) is 3.33. The molecule has 2 saturated carbocycles. The van der Waals surface area contributed by atoms with Crippen LogP contribution in [0.5, 0.6) is 0 Å². The zero-order chi connectivity index (χ0) is 15.5. The van der Waals surface area contributed by atoms with E-state index in [2.05, 4.69) is 48.5 Å². The maximum absolute atomic E-state index is 6.09. The van der Waals surface area contributed by atoms with Gasteiger partial charge in [-0.2, -0.15) is 0 Å². The van der Waals surface area contributed by atoms with Gasteiger partial charge in [0.1, 0.15) is 0 Å². The number of hydrogen-bond acceptors (Lipinski definition) is 1. The van der Waals surface area contributed by atoms with Gasteiger partial charge in [0.2, 0.25) is 0 Å². The molecule has 0 aliphatic heterocycles. The molecule has 0 amide bonds. The first kappa shape index (κ1) is 15.0. The van der Waals surface area contributed by atoms with Crippen LogP contribution in [0.3, 0.4) is 0 Å². The van der Waals surface area contributed by atoms with Gasteiger partial charge >= 0.3 is 0 Å². The van der Waals surface area contributed by atoms with E-state index in [9.17, 15) is 0 Å². The second-order valence-electron chi connectivity index (χ2n) is 7.33. The standard InChI is InChI=1S/C22H26O/c1-3-7-21(19(5-1)13-17-9-10-17)15-23-16-22-8-4-2-6-20(22)14-18-11-12-18/h1-8,17-18H,9-16H2. The van der Waals surface area contributed by atoms with Crippen molar-refractivity contribution in [2.75, 3.05) is 0 Å². The first-order valence-corrected chi connectivity index (χ1v) is 9.10. The molecule has 0 radical (unpaired) electrons. The lowest BCUT2D eigenvalue weighted by atomic mass is 10.0. The zero-order valence-electron chi connectivity index (χ0n) is 13.8. The van der Waals surface area contributed by atoms with E-state index in [1.807, 2.05) is 0 Å². The van der Waals surface area contributed by atoms with Gasteiger partial charge in [-0.25, -0.2) is 0 Å². The van der Waals surface area contributed by atoms with Gasteiger partial charge in [-0.05, 0) is 72.6 Å². The quantitative estimate of drug-likeness (QED) is 0.642. The Hall–Kier alpha value is -1.60. The maximum atomic E-state index is 6.09. The molecule has 2 aliphatic carbocycles. The van der Waals surface area contributed by atoms with Crippen LogP contribution in [0.1, 0.15) is 47.9 Å². The summed E-state index contributed by atoms with van der Waals surface area (Å²) in [6.07, 6.45) is 8.09. The van der Waals surface area contributed by atoms with E-state index in [-0.39, 0.29) is 0 Å². The third-order valence-electron chi connectivity index (χ3n) is 5.16. The molecule has 120 valence electrons. The van der Waals surface area contributed by atoms with E-state index in [4.69, 9.17) is 4.74 Å². The summed E-state index contributed by atoms with van der Waals surface area (Å²) in [7, 11) is 0. The van der Waals surface area contributed by atoms with Gasteiger partial charge in [0.15, 0.2) is 0 Å². The molecule has 2 fully saturated rings. The second kappa shape index (κ2) is 6.88. The van der Waals surface area contributed by atoms with Gasteiger partial charge in [-0.1, -0.05) is 48.5 Å². The molecule has 23 heavy (non-hydrogen) atoms. The second-order valence-corrected chi connectivity index (χ2v) is 7.33. The van der Waals surface area contributed by atoms with Crippen molar-refractivity contribution in [3.05, 3.63) is 70.8 Å². The minimum Gasteiger partial charge on any atom is -0.372 e. The number of hydrogen-bond donors (Lipinski definition) is 0. The molecule has 0 heterocycles. The third kappa shape index (κ3) is 4.23. The molecule has 1 nitrogen and oxygen atoms in total. The molecular formula is C22H26O. The largest absolute Gasteiger partial charge is 0.372 e. The van der Waals surface area contributed by atoms with Crippen LogP contribution in [-0.2, 0) is 30.8 Å². The van der Waals surface area contributed by atoms with Gasteiger partial charge < -0.3 is 4.74 Å². The molecule has 2 aliphatic rings. The lowest BCUT2D eigenvalue weighted by Gasteiger charge is -2.12. The third-order valence-corrected chi connectivity index (χ3v) is 5.16. The molecular weight excluding hydrogens is 280 g/mol. The summed E-state index contributed by atoms with van der Waals surface area (Å²) >= 11 is 0. The van der Waals surface area contributed by atoms with Crippen LogP contribution in [-0.4, -0.2) is 0 Å². The summed E-state index contributed by atoms with van der Waals surface area (Å²) in [5.41, 5.74) is 5.72. The molecule has 0 bridgehead atoms. The number of benzene rings is 2. The maximum Gasteiger partial charge on any atom is 0.0724 e. The normalized spacial score (nSPS) is 17.4.